The van der Waals surface area contributed by atoms with Crippen LogP contribution < -0.4 is 10.6 Å². The van der Waals surface area contributed by atoms with Gasteiger partial charge in [-0.15, -0.1) is 0 Å². The fraction of sp³-hybridized carbons (Fsp3) is 1.00. The van der Waals surface area contributed by atoms with Crippen molar-refractivity contribution < 1.29 is 0 Å². The number of nitrogens with zero attached hydrogens (tertiary/aromatic N) is 2. The maximum atomic E-state index is 3.89. The van der Waals surface area contributed by atoms with E-state index in [-0.39, 0.29) is 22.2 Å². The Morgan fingerprint density at radius 3 is 1.25 bits per heavy atom. The van der Waals surface area contributed by atoms with Gasteiger partial charge in [0.25, 0.3) is 0 Å². The summed E-state index contributed by atoms with van der Waals surface area (Å²) in [7, 11) is 0. The van der Waals surface area contributed by atoms with Gasteiger partial charge in [0, 0.05) is 47.3 Å². The highest BCUT2D eigenvalue weighted by molar-refractivity contribution is 4.95. The molecular formula is C28H58N4. The third-order valence-electron chi connectivity index (χ3n) is 7.90. The molecule has 2 fully saturated rings. The van der Waals surface area contributed by atoms with E-state index in [9.17, 15) is 0 Å². The summed E-state index contributed by atoms with van der Waals surface area (Å²) < 4.78 is 0. The standard InChI is InChI=1S/C28H58N4/c1-23-21-27(7,8)29-25(3,4)15-19-31(23)17-13-11-12-14-18-32-20-16-26(5,6)30-28(9,10)22-24(32)2/h23-24,29-30H,11-22H2,1-10H3. The van der Waals surface area contributed by atoms with Crippen molar-refractivity contribution in [3.8, 4) is 0 Å². The van der Waals surface area contributed by atoms with Crippen molar-refractivity contribution in [2.45, 2.75) is 155 Å². The Morgan fingerprint density at radius 2 is 0.906 bits per heavy atom. The first kappa shape index (κ1) is 28.1. The molecule has 2 atom stereocenters. The maximum Gasteiger partial charge on any atom is 0.0144 e. The van der Waals surface area contributed by atoms with Gasteiger partial charge in [-0.1, -0.05) is 12.8 Å². The van der Waals surface area contributed by atoms with Gasteiger partial charge in [0.15, 0.2) is 0 Å². The van der Waals surface area contributed by atoms with E-state index in [2.05, 4.69) is 89.7 Å². The lowest BCUT2D eigenvalue weighted by Crippen LogP contribution is -2.58. The zero-order valence-electron chi connectivity index (χ0n) is 23.5. The smallest absolute Gasteiger partial charge is 0.0144 e. The van der Waals surface area contributed by atoms with Gasteiger partial charge in [0.05, 0.1) is 0 Å². The molecule has 2 saturated heterocycles. The van der Waals surface area contributed by atoms with Crippen LogP contribution in [0.5, 0.6) is 0 Å². The molecule has 2 N–H and O–H groups in total. The molecule has 2 heterocycles. The second-order valence-electron chi connectivity index (χ2n) is 13.9. The van der Waals surface area contributed by atoms with Crippen LogP contribution in [0.25, 0.3) is 0 Å². The summed E-state index contributed by atoms with van der Waals surface area (Å²) in [5, 5.41) is 7.77. The predicted molar refractivity (Wildman–Crippen MR) is 142 cm³/mol. The quantitative estimate of drug-likeness (QED) is 0.479. The Morgan fingerprint density at radius 1 is 0.562 bits per heavy atom. The van der Waals surface area contributed by atoms with Gasteiger partial charge in [-0.3, -0.25) is 0 Å². The van der Waals surface area contributed by atoms with Crippen molar-refractivity contribution in [3.63, 3.8) is 0 Å². The molecule has 0 spiro atoms. The van der Waals surface area contributed by atoms with Crippen LogP contribution in [-0.4, -0.2) is 70.2 Å². The normalized spacial score (nSPS) is 31.3. The first-order chi connectivity index (χ1) is 14.6. The molecule has 4 nitrogen and oxygen atoms in total. The first-order valence-electron chi connectivity index (χ1n) is 13.7. The van der Waals surface area contributed by atoms with Gasteiger partial charge in [0.1, 0.15) is 0 Å². The van der Waals surface area contributed by atoms with Crippen LogP contribution in [0.2, 0.25) is 0 Å². The van der Waals surface area contributed by atoms with Crippen molar-refractivity contribution in [1.29, 1.82) is 0 Å². The van der Waals surface area contributed by atoms with E-state index in [1.165, 1.54) is 77.5 Å². The zero-order valence-corrected chi connectivity index (χ0v) is 23.5. The Bertz CT molecular complexity index is 516. The van der Waals surface area contributed by atoms with Gasteiger partial charge < -0.3 is 20.4 Å². The number of hydrogen-bond acceptors (Lipinski definition) is 4. The average molecular weight is 451 g/mol. The van der Waals surface area contributed by atoms with Crippen LogP contribution >= 0.6 is 0 Å². The highest BCUT2D eigenvalue weighted by Gasteiger charge is 2.34. The Balaban J connectivity index is 1.74. The summed E-state index contributed by atoms with van der Waals surface area (Å²) >= 11 is 0. The van der Waals surface area contributed by atoms with E-state index in [4.69, 9.17) is 0 Å². The summed E-state index contributed by atoms with van der Waals surface area (Å²) in [5.74, 6) is 0. The summed E-state index contributed by atoms with van der Waals surface area (Å²) in [6.07, 6.45) is 10.3. The van der Waals surface area contributed by atoms with Gasteiger partial charge >= 0.3 is 0 Å². The molecule has 190 valence electrons. The fourth-order valence-corrected chi connectivity index (χ4v) is 6.73. The highest BCUT2D eigenvalue weighted by atomic mass is 15.2. The van der Waals surface area contributed by atoms with Crippen LogP contribution in [0.4, 0.5) is 0 Å². The average Bonchev–Trinajstić information content (AvgIpc) is 2.57. The van der Waals surface area contributed by atoms with Gasteiger partial charge in [-0.05, 0) is 121 Å². The van der Waals surface area contributed by atoms with Crippen molar-refractivity contribution in [2.75, 3.05) is 26.2 Å². The first-order valence-corrected chi connectivity index (χ1v) is 13.7. The molecule has 2 unspecified atom stereocenters. The van der Waals surface area contributed by atoms with E-state index in [1.54, 1.807) is 0 Å². The third kappa shape index (κ3) is 9.60. The van der Waals surface area contributed by atoms with Crippen molar-refractivity contribution >= 4 is 0 Å². The molecule has 2 rings (SSSR count). The molecular weight excluding hydrogens is 392 g/mol. The van der Waals surface area contributed by atoms with Gasteiger partial charge in [-0.2, -0.15) is 0 Å². The van der Waals surface area contributed by atoms with E-state index in [0.29, 0.717) is 12.1 Å². The van der Waals surface area contributed by atoms with Gasteiger partial charge in [0.2, 0.25) is 0 Å². The Hall–Kier alpha value is -0.160. The van der Waals surface area contributed by atoms with E-state index < -0.39 is 0 Å². The largest absolute Gasteiger partial charge is 0.307 e. The summed E-state index contributed by atoms with van der Waals surface area (Å²) in [5.41, 5.74) is 0.873. The zero-order chi connectivity index (χ0) is 24.2. The summed E-state index contributed by atoms with van der Waals surface area (Å²) in [4.78, 5) is 5.53. The third-order valence-corrected chi connectivity index (χ3v) is 7.90. The Kier molecular flexibility index (Phi) is 9.70. The maximum absolute atomic E-state index is 3.89. The number of unbranched alkanes of at least 4 members (excludes halogenated alkanes) is 3. The number of rotatable bonds is 7. The molecule has 2 aliphatic rings. The monoisotopic (exact) mass is 450 g/mol. The highest BCUT2D eigenvalue weighted by Crippen LogP contribution is 2.27. The molecule has 0 aromatic heterocycles. The SMILES string of the molecule is CC1CC(C)(C)NC(C)(C)CCN1CCCCCCN1CCC(C)(C)NC(C)(C)CC1C. The van der Waals surface area contributed by atoms with Crippen molar-refractivity contribution in [1.82, 2.24) is 20.4 Å². The lowest BCUT2D eigenvalue weighted by atomic mass is 9.87. The summed E-state index contributed by atoms with van der Waals surface area (Å²) in [6.45, 7) is 28.8. The molecule has 0 aliphatic carbocycles. The second-order valence-corrected chi connectivity index (χ2v) is 13.9. The van der Waals surface area contributed by atoms with Crippen LogP contribution in [0.15, 0.2) is 0 Å². The lowest BCUT2D eigenvalue weighted by molar-refractivity contribution is 0.0981. The Labute approximate surface area is 201 Å². The van der Waals surface area contributed by atoms with E-state index in [1.807, 2.05) is 0 Å². The number of hydrogen-bond donors (Lipinski definition) is 2. The molecule has 2 aliphatic heterocycles. The molecule has 0 aromatic carbocycles. The van der Waals surface area contributed by atoms with Crippen molar-refractivity contribution in [3.05, 3.63) is 0 Å². The van der Waals surface area contributed by atoms with Gasteiger partial charge in [-0.25, -0.2) is 0 Å². The molecule has 4 heteroatoms. The molecule has 32 heavy (non-hydrogen) atoms. The minimum atomic E-state index is 0.211. The minimum Gasteiger partial charge on any atom is -0.307 e. The molecule has 0 radical (unpaired) electrons. The minimum absolute atomic E-state index is 0.211. The molecule has 0 saturated carbocycles. The van der Waals surface area contributed by atoms with E-state index in [0.717, 1.165) is 0 Å². The van der Waals surface area contributed by atoms with Crippen LogP contribution in [0.1, 0.15) is 121 Å². The van der Waals surface area contributed by atoms with Crippen LogP contribution in [0, 0.1) is 0 Å². The van der Waals surface area contributed by atoms with E-state index >= 15 is 0 Å². The van der Waals surface area contributed by atoms with Crippen molar-refractivity contribution in [2.24, 2.45) is 0 Å². The second kappa shape index (κ2) is 11.1. The number of nitrogens with one attached hydrogen (secondary N) is 2. The molecule has 0 bridgehead atoms. The molecule has 0 amide bonds. The summed E-state index contributed by atoms with van der Waals surface area (Å²) in [6, 6.07) is 1.33. The fourth-order valence-electron chi connectivity index (χ4n) is 6.73. The molecule has 0 aromatic rings. The van der Waals surface area contributed by atoms with Crippen LogP contribution in [0.3, 0.4) is 0 Å². The van der Waals surface area contributed by atoms with Crippen LogP contribution in [-0.2, 0) is 0 Å². The topological polar surface area (TPSA) is 30.5 Å². The predicted octanol–water partition coefficient (Wildman–Crippen LogP) is 5.81. The lowest BCUT2D eigenvalue weighted by Gasteiger charge is -2.45.